The van der Waals surface area contributed by atoms with E-state index in [-0.39, 0.29) is 0 Å². The maximum Gasteiger partial charge on any atom is 0.0948 e. The Labute approximate surface area is 116 Å². The normalized spacial score (nSPS) is 28.3. The van der Waals surface area contributed by atoms with Gasteiger partial charge in [0.05, 0.1) is 12.0 Å². The summed E-state index contributed by atoms with van der Waals surface area (Å²) in [5.41, 5.74) is 1.38. The predicted octanol–water partition coefficient (Wildman–Crippen LogP) is 2.01. The van der Waals surface area contributed by atoms with Crippen molar-refractivity contribution in [2.75, 3.05) is 13.1 Å². The van der Waals surface area contributed by atoms with Gasteiger partial charge in [-0.3, -0.25) is 4.90 Å². The monoisotopic (exact) mass is 262 g/mol. The number of likely N-dealkylation sites (tertiary alicyclic amines) is 1. The van der Waals surface area contributed by atoms with Gasteiger partial charge in [0, 0.05) is 31.4 Å². The molecular weight excluding hydrogens is 236 g/mol. The van der Waals surface area contributed by atoms with Crippen molar-refractivity contribution in [2.45, 2.75) is 64.2 Å². The van der Waals surface area contributed by atoms with Crippen LogP contribution in [0.2, 0.25) is 0 Å². The molecule has 3 heterocycles. The molecule has 2 saturated heterocycles. The maximum absolute atomic E-state index is 4.33. The fourth-order valence-corrected chi connectivity index (χ4v) is 3.67. The number of aryl methyl sites for hydroxylation is 1. The van der Waals surface area contributed by atoms with Gasteiger partial charge >= 0.3 is 0 Å². The van der Waals surface area contributed by atoms with Crippen LogP contribution >= 0.6 is 0 Å². The fourth-order valence-electron chi connectivity index (χ4n) is 3.67. The second kappa shape index (κ2) is 6.06. The van der Waals surface area contributed by atoms with E-state index in [1.807, 2.05) is 12.5 Å². The molecule has 0 saturated carbocycles. The van der Waals surface area contributed by atoms with Crippen LogP contribution in [0, 0.1) is 0 Å². The lowest BCUT2D eigenvalue weighted by Crippen LogP contribution is -2.43. The third-order valence-corrected chi connectivity index (χ3v) is 4.61. The first kappa shape index (κ1) is 13.1. The average Bonchev–Trinajstić information content (AvgIpc) is 3.12. The van der Waals surface area contributed by atoms with Crippen molar-refractivity contribution >= 4 is 0 Å². The van der Waals surface area contributed by atoms with E-state index >= 15 is 0 Å². The second-order valence-electron chi connectivity index (χ2n) is 5.96. The zero-order valence-electron chi connectivity index (χ0n) is 12.0. The number of hydrogen-bond donors (Lipinski definition) is 1. The average molecular weight is 262 g/mol. The first-order valence-electron chi connectivity index (χ1n) is 7.85. The molecule has 0 amide bonds. The van der Waals surface area contributed by atoms with E-state index in [4.69, 9.17) is 0 Å². The van der Waals surface area contributed by atoms with Crippen molar-refractivity contribution in [1.29, 1.82) is 0 Å². The van der Waals surface area contributed by atoms with Crippen molar-refractivity contribution in [3.8, 4) is 0 Å². The molecule has 0 spiro atoms. The molecule has 2 aliphatic rings. The number of hydrogen-bond acceptors (Lipinski definition) is 3. The maximum atomic E-state index is 4.33. The summed E-state index contributed by atoms with van der Waals surface area (Å²) in [6, 6.07) is 1.47. The third-order valence-electron chi connectivity index (χ3n) is 4.61. The van der Waals surface area contributed by atoms with Crippen LogP contribution in [0.5, 0.6) is 0 Å². The van der Waals surface area contributed by atoms with Crippen LogP contribution in [0.3, 0.4) is 0 Å². The lowest BCUT2D eigenvalue weighted by atomic mass is 10.0. The number of nitrogens with zero attached hydrogens (tertiary/aromatic N) is 3. The third kappa shape index (κ3) is 2.84. The Morgan fingerprint density at radius 3 is 3.11 bits per heavy atom. The van der Waals surface area contributed by atoms with E-state index in [1.165, 1.54) is 50.9 Å². The molecule has 2 atom stereocenters. The first-order valence-corrected chi connectivity index (χ1v) is 7.85. The summed E-state index contributed by atoms with van der Waals surface area (Å²) >= 11 is 0. The number of nitrogens with one attached hydrogen (secondary N) is 1. The molecule has 1 N–H and O–H groups in total. The Morgan fingerprint density at radius 2 is 2.32 bits per heavy atom. The highest BCUT2D eigenvalue weighted by atomic mass is 15.2. The molecule has 3 rings (SSSR count). The van der Waals surface area contributed by atoms with Crippen molar-refractivity contribution in [3.63, 3.8) is 0 Å². The van der Waals surface area contributed by atoms with Gasteiger partial charge in [-0.15, -0.1) is 0 Å². The van der Waals surface area contributed by atoms with Crippen LogP contribution in [0.4, 0.5) is 0 Å². The van der Waals surface area contributed by atoms with Crippen molar-refractivity contribution in [3.05, 3.63) is 18.2 Å². The Kier molecular flexibility index (Phi) is 4.18. The van der Waals surface area contributed by atoms with Crippen LogP contribution in [0.15, 0.2) is 12.5 Å². The molecule has 0 radical (unpaired) electrons. The minimum Gasteiger partial charge on any atom is -0.333 e. The standard InChI is InChI=1S/C15H26N4/c1-2-8-19-12-16-10-13(19)11-18-9-4-6-15(18)14-5-3-7-17-14/h10,12,14-15,17H,2-9,11H2,1H3. The van der Waals surface area contributed by atoms with Crippen LogP contribution < -0.4 is 5.32 Å². The van der Waals surface area contributed by atoms with Gasteiger partial charge < -0.3 is 9.88 Å². The summed E-state index contributed by atoms with van der Waals surface area (Å²) in [5.74, 6) is 0. The van der Waals surface area contributed by atoms with Crippen molar-refractivity contribution < 1.29 is 0 Å². The van der Waals surface area contributed by atoms with Gasteiger partial charge in [-0.05, 0) is 45.2 Å². The topological polar surface area (TPSA) is 33.1 Å². The molecule has 4 nitrogen and oxygen atoms in total. The highest BCUT2D eigenvalue weighted by molar-refractivity contribution is 5.01. The lowest BCUT2D eigenvalue weighted by Gasteiger charge is -2.29. The van der Waals surface area contributed by atoms with Crippen molar-refractivity contribution in [2.24, 2.45) is 0 Å². The minimum atomic E-state index is 0.727. The van der Waals surface area contributed by atoms with Gasteiger partial charge in [-0.1, -0.05) is 6.92 Å². The van der Waals surface area contributed by atoms with Crippen LogP contribution in [0.1, 0.15) is 44.7 Å². The lowest BCUT2D eigenvalue weighted by molar-refractivity contribution is 0.202. The Hall–Kier alpha value is -0.870. The van der Waals surface area contributed by atoms with Gasteiger partial charge in [-0.2, -0.15) is 0 Å². The molecule has 1 aromatic heterocycles. The second-order valence-corrected chi connectivity index (χ2v) is 5.96. The Bertz CT molecular complexity index is 395. The van der Waals surface area contributed by atoms with E-state index in [0.29, 0.717) is 0 Å². The van der Waals surface area contributed by atoms with E-state index in [9.17, 15) is 0 Å². The summed E-state index contributed by atoms with van der Waals surface area (Å²) in [5, 5.41) is 3.68. The fraction of sp³-hybridized carbons (Fsp3) is 0.800. The van der Waals surface area contributed by atoms with E-state index in [0.717, 1.165) is 25.2 Å². The van der Waals surface area contributed by atoms with Gasteiger partial charge in [0.2, 0.25) is 0 Å². The molecule has 0 aromatic carbocycles. The molecule has 2 aliphatic heterocycles. The zero-order valence-corrected chi connectivity index (χ0v) is 12.0. The van der Waals surface area contributed by atoms with Crippen LogP contribution in [-0.2, 0) is 13.1 Å². The summed E-state index contributed by atoms with van der Waals surface area (Å²) in [6.07, 6.45) is 10.6. The molecule has 4 heteroatoms. The summed E-state index contributed by atoms with van der Waals surface area (Å²) < 4.78 is 2.32. The largest absolute Gasteiger partial charge is 0.333 e. The predicted molar refractivity (Wildman–Crippen MR) is 77.0 cm³/mol. The number of rotatable bonds is 5. The van der Waals surface area contributed by atoms with Gasteiger partial charge in [0.15, 0.2) is 0 Å². The quantitative estimate of drug-likeness (QED) is 0.881. The molecule has 0 aliphatic carbocycles. The van der Waals surface area contributed by atoms with Gasteiger partial charge in [-0.25, -0.2) is 4.98 Å². The van der Waals surface area contributed by atoms with Gasteiger partial charge in [0.25, 0.3) is 0 Å². The van der Waals surface area contributed by atoms with Gasteiger partial charge in [0.1, 0.15) is 0 Å². The smallest absolute Gasteiger partial charge is 0.0948 e. The SMILES string of the molecule is CCCn1cncc1CN1CCCC1C1CCCN1. The van der Waals surface area contributed by atoms with E-state index < -0.39 is 0 Å². The summed E-state index contributed by atoms with van der Waals surface area (Å²) in [4.78, 5) is 7.00. The molecule has 2 unspecified atom stereocenters. The molecule has 19 heavy (non-hydrogen) atoms. The molecule has 0 bridgehead atoms. The highest BCUT2D eigenvalue weighted by Crippen LogP contribution is 2.26. The number of aromatic nitrogens is 2. The minimum absolute atomic E-state index is 0.727. The molecular formula is C15H26N4. The number of imidazole rings is 1. The van der Waals surface area contributed by atoms with E-state index in [1.54, 1.807) is 0 Å². The Balaban J connectivity index is 1.65. The highest BCUT2D eigenvalue weighted by Gasteiger charge is 2.33. The molecule has 1 aromatic rings. The van der Waals surface area contributed by atoms with Crippen molar-refractivity contribution in [1.82, 2.24) is 19.8 Å². The first-order chi connectivity index (χ1) is 9.38. The molecule has 2 fully saturated rings. The summed E-state index contributed by atoms with van der Waals surface area (Å²) in [6.45, 7) is 6.85. The zero-order chi connectivity index (χ0) is 13.1. The van der Waals surface area contributed by atoms with E-state index in [2.05, 4.69) is 26.7 Å². The van der Waals surface area contributed by atoms with Crippen LogP contribution in [-0.4, -0.2) is 39.6 Å². The van der Waals surface area contributed by atoms with Crippen LogP contribution in [0.25, 0.3) is 0 Å². The molecule has 106 valence electrons. The Morgan fingerprint density at radius 1 is 1.37 bits per heavy atom. The summed E-state index contributed by atoms with van der Waals surface area (Å²) in [7, 11) is 0.